The summed E-state index contributed by atoms with van der Waals surface area (Å²) >= 11 is 5.98. The van der Waals surface area contributed by atoms with Gasteiger partial charge in [0.05, 0.1) is 12.6 Å². The molecule has 0 radical (unpaired) electrons. The van der Waals surface area contributed by atoms with Crippen LogP contribution in [0.2, 0.25) is 5.02 Å². The average molecular weight is 276 g/mol. The summed E-state index contributed by atoms with van der Waals surface area (Å²) in [6, 6.07) is 15.4. The molecule has 3 heteroatoms. The van der Waals surface area contributed by atoms with E-state index in [4.69, 9.17) is 22.1 Å². The average Bonchev–Trinajstić information content (AvgIpc) is 2.45. The molecule has 0 amide bonds. The van der Waals surface area contributed by atoms with Gasteiger partial charge in [0.1, 0.15) is 5.75 Å². The first-order valence-electron chi connectivity index (χ1n) is 6.44. The molecule has 0 aromatic heterocycles. The Balaban J connectivity index is 2.13. The van der Waals surface area contributed by atoms with Gasteiger partial charge in [0.25, 0.3) is 0 Å². The van der Waals surface area contributed by atoms with Crippen LogP contribution in [0.5, 0.6) is 5.75 Å². The first-order chi connectivity index (χ1) is 9.20. The number of hydrogen-bond acceptors (Lipinski definition) is 2. The molecule has 2 aromatic carbocycles. The van der Waals surface area contributed by atoms with Crippen LogP contribution in [0, 0.1) is 0 Å². The van der Waals surface area contributed by atoms with E-state index in [2.05, 4.69) is 6.92 Å². The maximum Gasteiger partial charge on any atom is 0.119 e. The number of halogens is 1. The lowest BCUT2D eigenvalue weighted by Gasteiger charge is -2.13. The summed E-state index contributed by atoms with van der Waals surface area (Å²) in [4.78, 5) is 0. The maximum atomic E-state index is 6.24. The van der Waals surface area contributed by atoms with Crippen molar-refractivity contribution >= 4 is 11.6 Å². The lowest BCUT2D eigenvalue weighted by molar-refractivity contribution is 0.317. The van der Waals surface area contributed by atoms with Gasteiger partial charge in [0, 0.05) is 5.02 Å². The van der Waals surface area contributed by atoms with Crippen LogP contribution in [-0.2, 0) is 0 Å². The molecule has 19 heavy (non-hydrogen) atoms. The summed E-state index contributed by atoms with van der Waals surface area (Å²) in [7, 11) is 0. The highest BCUT2D eigenvalue weighted by Crippen LogP contribution is 2.24. The van der Waals surface area contributed by atoms with Crippen molar-refractivity contribution < 1.29 is 4.74 Å². The topological polar surface area (TPSA) is 35.2 Å². The molecule has 0 aliphatic carbocycles. The second-order valence-electron chi connectivity index (χ2n) is 4.45. The van der Waals surface area contributed by atoms with E-state index in [0.29, 0.717) is 5.02 Å². The summed E-state index contributed by atoms with van der Waals surface area (Å²) in [5, 5.41) is 0.704. The van der Waals surface area contributed by atoms with Crippen molar-refractivity contribution in [2.75, 3.05) is 6.61 Å². The van der Waals surface area contributed by atoms with Crippen LogP contribution in [0.4, 0.5) is 0 Å². The zero-order valence-corrected chi connectivity index (χ0v) is 11.7. The van der Waals surface area contributed by atoms with Gasteiger partial charge in [0.2, 0.25) is 0 Å². The molecule has 0 aliphatic heterocycles. The Bertz CT molecular complexity index is 525. The van der Waals surface area contributed by atoms with Crippen molar-refractivity contribution in [3.63, 3.8) is 0 Å². The SMILES string of the molecule is CCCOc1ccc(C(N)c2cccc(Cl)c2)cc1. The molecule has 1 unspecified atom stereocenters. The highest BCUT2D eigenvalue weighted by atomic mass is 35.5. The minimum absolute atomic E-state index is 0.168. The molecule has 0 saturated carbocycles. The normalized spacial score (nSPS) is 12.2. The Morgan fingerprint density at radius 2 is 1.84 bits per heavy atom. The zero-order valence-electron chi connectivity index (χ0n) is 11.0. The quantitative estimate of drug-likeness (QED) is 0.888. The van der Waals surface area contributed by atoms with E-state index >= 15 is 0 Å². The third kappa shape index (κ3) is 3.72. The van der Waals surface area contributed by atoms with E-state index in [-0.39, 0.29) is 6.04 Å². The molecule has 2 rings (SSSR count). The smallest absolute Gasteiger partial charge is 0.119 e. The van der Waals surface area contributed by atoms with E-state index in [1.807, 2.05) is 48.5 Å². The lowest BCUT2D eigenvalue weighted by atomic mass is 10.00. The largest absolute Gasteiger partial charge is 0.494 e. The molecule has 2 N–H and O–H groups in total. The van der Waals surface area contributed by atoms with Gasteiger partial charge in [0.15, 0.2) is 0 Å². The van der Waals surface area contributed by atoms with Crippen molar-refractivity contribution in [2.24, 2.45) is 5.73 Å². The number of hydrogen-bond donors (Lipinski definition) is 1. The van der Waals surface area contributed by atoms with E-state index < -0.39 is 0 Å². The minimum atomic E-state index is -0.168. The van der Waals surface area contributed by atoms with Gasteiger partial charge in [-0.3, -0.25) is 0 Å². The van der Waals surface area contributed by atoms with Gasteiger partial charge >= 0.3 is 0 Å². The molecule has 0 heterocycles. The van der Waals surface area contributed by atoms with E-state index in [9.17, 15) is 0 Å². The third-order valence-electron chi connectivity index (χ3n) is 2.92. The van der Waals surface area contributed by atoms with Crippen molar-refractivity contribution in [1.82, 2.24) is 0 Å². The zero-order chi connectivity index (χ0) is 13.7. The maximum absolute atomic E-state index is 6.24. The summed E-state index contributed by atoms with van der Waals surface area (Å²) < 4.78 is 5.55. The molecule has 100 valence electrons. The van der Waals surface area contributed by atoms with Gasteiger partial charge < -0.3 is 10.5 Å². The monoisotopic (exact) mass is 275 g/mol. The fourth-order valence-corrected chi connectivity index (χ4v) is 2.08. The molecular formula is C16H18ClNO. The summed E-state index contributed by atoms with van der Waals surface area (Å²) in [6.07, 6.45) is 1.00. The van der Waals surface area contributed by atoms with Crippen molar-refractivity contribution in [3.05, 3.63) is 64.7 Å². The standard InChI is InChI=1S/C16H18ClNO/c1-2-10-19-15-8-6-12(7-9-15)16(18)13-4-3-5-14(17)11-13/h3-9,11,16H,2,10,18H2,1H3. The molecule has 2 aromatic rings. The Kier molecular flexibility index (Phi) is 4.83. The highest BCUT2D eigenvalue weighted by Gasteiger charge is 2.09. The third-order valence-corrected chi connectivity index (χ3v) is 3.15. The van der Waals surface area contributed by atoms with Crippen LogP contribution in [0.15, 0.2) is 48.5 Å². The van der Waals surface area contributed by atoms with E-state index in [0.717, 1.165) is 29.9 Å². The summed E-state index contributed by atoms with van der Waals surface area (Å²) in [5.74, 6) is 0.879. The summed E-state index contributed by atoms with van der Waals surface area (Å²) in [5.41, 5.74) is 8.29. The molecule has 0 fully saturated rings. The minimum Gasteiger partial charge on any atom is -0.494 e. The van der Waals surface area contributed by atoms with E-state index in [1.165, 1.54) is 0 Å². The Morgan fingerprint density at radius 1 is 1.11 bits per heavy atom. The lowest BCUT2D eigenvalue weighted by Crippen LogP contribution is -2.11. The molecule has 0 bridgehead atoms. The fourth-order valence-electron chi connectivity index (χ4n) is 1.88. The van der Waals surface area contributed by atoms with Crippen LogP contribution < -0.4 is 10.5 Å². The second-order valence-corrected chi connectivity index (χ2v) is 4.89. The van der Waals surface area contributed by atoms with Gasteiger partial charge in [-0.2, -0.15) is 0 Å². The van der Waals surface area contributed by atoms with Crippen LogP contribution in [0.25, 0.3) is 0 Å². The van der Waals surface area contributed by atoms with Crippen LogP contribution in [0.1, 0.15) is 30.5 Å². The number of ether oxygens (including phenoxy) is 1. The molecular weight excluding hydrogens is 258 g/mol. The molecule has 0 aliphatic rings. The highest BCUT2D eigenvalue weighted by molar-refractivity contribution is 6.30. The van der Waals surface area contributed by atoms with Crippen molar-refractivity contribution in [1.29, 1.82) is 0 Å². The Labute approximate surface area is 119 Å². The Morgan fingerprint density at radius 3 is 2.47 bits per heavy atom. The van der Waals surface area contributed by atoms with Crippen LogP contribution in [-0.4, -0.2) is 6.61 Å². The second kappa shape index (κ2) is 6.60. The van der Waals surface area contributed by atoms with Crippen molar-refractivity contribution in [2.45, 2.75) is 19.4 Å². The van der Waals surface area contributed by atoms with Crippen molar-refractivity contribution in [3.8, 4) is 5.75 Å². The van der Waals surface area contributed by atoms with E-state index in [1.54, 1.807) is 0 Å². The number of benzene rings is 2. The molecule has 2 nitrogen and oxygen atoms in total. The predicted molar refractivity (Wildman–Crippen MR) is 79.7 cm³/mol. The van der Waals surface area contributed by atoms with Crippen LogP contribution in [0.3, 0.4) is 0 Å². The van der Waals surface area contributed by atoms with Gasteiger partial charge in [-0.1, -0.05) is 42.8 Å². The first-order valence-corrected chi connectivity index (χ1v) is 6.82. The van der Waals surface area contributed by atoms with Crippen LogP contribution >= 0.6 is 11.6 Å². The molecule has 0 saturated heterocycles. The molecule has 1 atom stereocenters. The first kappa shape index (κ1) is 13.9. The van der Waals surface area contributed by atoms with Gasteiger partial charge in [-0.05, 0) is 41.8 Å². The molecule has 0 spiro atoms. The summed E-state index contributed by atoms with van der Waals surface area (Å²) in [6.45, 7) is 2.82. The Hall–Kier alpha value is -1.51. The predicted octanol–water partition coefficient (Wildman–Crippen LogP) is 4.18. The van der Waals surface area contributed by atoms with Gasteiger partial charge in [-0.15, -0.1) is 0 Å². The number of nitrogens with two attached hydrogens (primary N) is 1. The fraction of sp³-hybridized carbons (Fsp3) is 0.250. The van der Waals surface area contributed by atoms with Gasteiger partial charge in [-0.25, -0.2) is 0 Å². The number of rotatable bonds is 5.